The Morgan fingerprint density at radius 2 is 1.95 bits per heavy atom. The second-order valence-corrected chi connectivity index (χ2v) is 4.50. The molecule has 1 heterocycles. The number of thiophene rings is 1. The van der Waals surface area contributed by atoms with Crippen LogP contribution < -0.4 is 4.74 Å². The predicted octanol–water partition coefficient (Wildman–Crippen LogP) is 4.47. The van der Waals surface area contributed by atoms with E-state index in [0.29, 0.717) is 0 Å². The van der Waals surface area contributed by atoms with E-state index in [-0.39, 0.29) is 15.8 Å². The zero-order chi connectivity index (χ0) is 14.0. The zero-order valence-electron chi connectivity index (χ0n) is 9.18. The Hall–Kier alpha value is -2.09. The summed E-state index contributed by atoms with van der Waals surface area (Å²) in [6.45, 7) is 0. The molecule has 100 valence electrons. The summed E-state index contributed by atoms with van der Waals surface area (Å²) < 4.78 is 42.6. The molecular formula is C11H6F3NO3S. The fraction of sp³-hybridized carbons (Fsp3) is 0.0909. The number of ether oxygens (including phenoxy) is 1. The van der Waals surface area contributed by atoms with E-state index in [1.807, 2.05) is 0 Å². The van der Waals surface area contributed by atoms with Gasteiger partial charge in [0.25, 0.3) is 0 Å². The highest BCUT2D eigenvalue weighted by molar-refractivity contribution is 7.17. The lowest BCUT2D eigenvalue weighted by molar-refractivity contribution is -0.380. The van der Waals surface area contributed by atoms with E-state index in [1.54, 1.807) is 0 Å². The van der Waals surface area contributed by atoms with Gasteiger partial charge in [0.1, 0.15) is 5.75 Å². The van der Waals surface area contributed by atoms with Gasteiger partial charge in [0.05, 0.1) is 10.5 Å². The topological polar surface area (TPSA) is 52.4 Å². The summed E-state index contributed by atoms with van der Waals surface area (Å²) in [4.78, 5) is 9.87. The highest BCUT2D eigenvalue weighted by Gasteiger charge is 2.30. The van der Waals surface area contributed by atoms with E-state index < -0.39 is 16.7 Å². The van der Waals surface area contributed by atoms with E-state index in [1.165, 1.54) is 24.3 Å². The summed E-state index contributed by atoms with van der Waals surface area (Å²) in [6.07, 6.45) is -4.46. The molecule has 0 radical (unpaired) electrons. The lowest BCUT2D eigenvalue weighted by Crippen LogP contribution is -2.04. The molecule has 2 aromatic rings. The van der Waals surface area contributed by atoms with Gasteiger partial charge < -0.3 is 4.74 Å². The van der Waals surface area contributed by atoms with Crippen molar-refractivity contribution in [3.63, 3.8) is 0 Å². The molecule has 0 spiro atoms. The minimum Gasteiger partial charge on any atom is -0.446 e. The molecule has 0 aliphatic rings. The highest BCUT2D eigenvalue weighted by atomic mass is 32.1. The highest BCUT2D eigenvalue weighted by Crippen LogP contribution is 2.36. The van der Waals surface area contributed by atoms with Gasteiger partial charge in [0, 0.05) is 6.07 Å². The van der Waals surface area contributed by atoms with Crippen LogP contribution in [0.1, 0.15) is 5.56 Å². The maximum absolute atomic E-state index is 12.5. The molecule has 0 saturated carbocycles. The fourth-order valence-electron chi connectivity index (χ4n) is 1.32. The van der Waals surface area contributed by atoms with Crippen molar-refractivity contribution in [3.05, 3.63) is 52.1 Å². The number of rotatable bonds is 3. The molecule has 0 atom stereocenters. The SMILES string of the molecule is O=[N+]([O-])c1ccc(Oc2cccc(C(F)(F)F)c2)s1. The van der Waals surface area contributed by atoms with E-state index in [9.17, 15) is 23.3 Å². The third kappa shape index (κ3) is 3.22. The third-order valence-corrected chi connectivity index (χ3v) is 3.04. The first-order chi connectivity index (χ1) is 8.86. The van der Waals surface area contributed by atoms with E-state index >= 15 is 0 Å². The van der Waals surface area contributed by atoms with Crippen LogP contribution in [0.5, 0.6) is 10.8 Å². The minimum absolute atomic E-state index is 0.0217. The standard InChI is InChI=1S/C11H6F3NO3S/c12-11(13,14)7-2-1-3-8(6-7)18-10-5-4-9(19-10)15(16)17/h1-6H. The van der Waals surface area contributed by atoms with Crippen LogP contribution in [0.25, 0.3) is 0 Å². The van der Waals surface area contributed by atoms with Gasteiger partial charge in [0.15, 0.2) is 5.06 Å². The Balaban J connectivity index is 2.21. The van der Waals surface area contributed by atoms with Crippen LogP contribution in [-0.2, 0) is 6.18 Å². The Morgan fingerprint density at radius 1 is 1.21 bits per heavy atom. The molecule has 0 unspecified atom stereocenters. The lowest BCUT2D eigenvalue weighted by atomic mass is 10.2. The number of benzene rings is 1. The molecule has 2 rings (SSSR count). The van der Waals surface area contributed by atoms with Gasteiger partial charge in [0.2, 0.25) is 0 Å². The van der Waals surface area contributed by atoms with Gasteiger partial charge in [-0.15, -0.1) is 0 Å². The first-order valence-corrected chi connectivity index (χ1v) is 5.77. The fourth-order valence-corrected chi connectivity index (χ4v) is 2.01. The minimum atomic E-state index is -4.46. The molecule has 19 heavy (non-hydrogen) atoms. The summed E-state index contributed by atoms with van der Waals surface area (Å²) in [5.41, 5.74) is -0.837. The monoisotopic (exact) mass is 289 g/mol. The van der Waals surface area contributed by atoms with Gasteiger partial charge in [-0.25, -0.2) is 0 Å². The maximum Gasteiger partial charge on any atom is 0.416 e. The molecule has 0 aliphatic carbocycles. The molecule has 8 heteroatoms. The lowest BCUT2D eigenvalue weighted by Gasteiger charge is -2.08. The van der Waals surface area contributed by atoms with Crippen LogP contribution in [0.3, 0.4) is 0 Å². The van der Waals surface area contributed by atoms with E-state index in [2.05, 4.69) is 0 Å². The number of hydrogen-bond acceptors (Lipinski definition) is 4. The molecule has 0 saturated heterocycles. The van der Waals surface area contributed by atoms with Crippen LogP contribution in [-0.4, -0.2) is 4.92 Å². The van der Waals surface area contributed by atoms with E-state index in [0.717, 1.165) is 23.5 Å². The molecule has 0 aliphatic heterocycles. The number of nitrogens with zero attached hydrogens (tertiary/aromatic N) is 1. The van der Waals surface area contributed by atoms with Gasteiger partial charge in [-0.3, -0.25) is 10.1 Å². The number of halogens is 3. The first kappa shape index (κ1) is 13.3. The average molecular weight is 289 g/mol. The second-order valence-electron chi connectivity index (χ2n) is 3.48. The molecule has 1 aromatic heterocycles. The zero-order valence-corrected chi connectivity index (χ0v) is 9.99. The summed E-state index contributed by atoms with van der Waals surface area (Å²) in [5.74, 6) is -0.0217. The van der Waals surface area contributed by atoms with Gasteiger partial charge in [-0.2, -0.15) is 13.2 Å². The Morgan fingerprint density at radius 3 is 2.53 bits per heavy atom. The number of alkyl halides is 3. The van der Waals surface area contributed by atoms with Crippen LogP contribution in [0, 0.1) is 10.1 Å². The van der Waals surface area contributed by atoms with E-state index in [4.69, 9.17) is 4.74 Å². The Labute approximate surface area is 109 Å². The Kier molecular flexibility index (Phi) is 3.43. The van der Waals surface area contributed by atoms with Gasteiger partial charge >= 0.3 is 11.2 Å². The van der Waals surface area contributed by atoms with Crippen LogP contribution in [0.2, 0.25) is 0 Å². The summed E-state index contributed by atoms with van der Waals surface area (Å²) in [7, 11) is 0. The average Bonchev–Trinajstić information content (AvgIpc) is 2.77. The normalized spacial score (nSPS) is 11.3. The van der Waals surface area contributed by atoms with Crippen molar-refractivity contribution < 1.29 is 22.8 Å². The van der Waals surface area contributed by atoms with Crippen LogP contribution in [0.4, 0.5) is 18.2 Å². The molecule has 1 aromatic carbocycles. The molecule has 0 N–H and O–H groups in total. The van der Waals surface area contributed by atoms with Crippen molar-refractivity contribution in [1.29, 1.82) is 0 Å². The van der Waals surface area contributed by atoms with Crippen molar-refractivity contribution in [3.8, 4) is 10.8 Å². The largest absolute Gasteiger partial charge is 0.446 e. The maximum atomic E-state index is 12.5. The summed E-state index contributed by atoms with van der Waals surface area (Å²) in [5, 5.41) is 10.5. The van der Waals surface area contributed by atoms with Crippen molar-refractivity contribution in [1.82, 2.24) is 0 Å². The van der Waals surface area contributed by atoms with Crippen LogP contribution in [0.15, 0.2) is 36.4 Å². The van der Waals surface area contributed by atoms with Crippen molar-refractivity contribution in [2.24, 2.45) is 0 Å². The summed E-state index contributed by atoms with van der Waals surface area (Å²) >= 11 is 0.747. The van der Waals surface area contributed by atoms with Crippen molar-refractivity contribution >= 4 is 16.3 Å². The van der Waals surface area contributed by atoms with Crippen LogP contribution >= 0.6 is 11.3 Å². The molecule has 4 nitrogen and oxygen atoms in total. The molecule has 0 bridgehead atoms. The van der Waals surface area contributed by atoms with Gasteiger partial charge in [-0.1, -0.05) is 6.07 Å². The quantitative estimate of drug-likeness (QED) is 0.619. The number of nitro groups is 1. The van der Waals surface area contributed by atoms with Gasteiger partial charge in [-0.05, 0) is 35.6 Å². The molecule has 0 amide bonds. The molecular weight excluding hydrogens is 283 g/mol. The molecule has 0 fully saturated rings. The summed E-state index contributed by atoms with van der Waals surface area (Å²) in [6, 6.07) is 6.88. The first-order valence-electron chi connectivity index (χ1n) is 4.95. The predicted molar refractivity (Wildman–Crippen MR) is 62.5 cm³/mol. The van der Waals surface area contributed by atoms with Crippen molar-refractivity contribution in [2.45, 2.75) is 6.18 Å². The smallest absolute Gasteiger partial charge is 0.416 e. The Bertz CT molecular complexity index is 609. The second kappa shape index (κ2) is 4.88. The van der Waals surface area contributed by atoms with Crippen molar-refractivity contribution in [2.75, 3.05) is 0 Å². The number of hydrogen-bond donors (Lipinski definition) is 0. The third-order valence-electron chi connectivity index (χ3n) is 2.13.